The highest BCUT2D eigenvalue weighted by molar-refractivity contribution is 4.93. The van der Waals surface area contributed by atoms with Crippen molar-refractivity contribution in [3.8, 4) is 0 Å². The average Bonchev–Trinajstić information content (AvgIpc) is 3.38. The van der Waals surface area contributed by atoms with Gasteiger partial charge in [-0.05, 0) is 32.1 Å². The van der Waals surface area contributed by atoms with E-state index in [1.54, 1.807) is 0 Å². The normalized spacial score (nSPS) is 14.4. The molecule has 1 aromatic rings. The van der Waals surface area contributed by atoms with Crippen molar-refractivity contribution in [1.82, 2.24) is 9.55 Å². The molecule has 1 rings (SSSR count). The number of hydrogen-bond acceptors (Lipinski definition) is 1. The maximum absolute atomic E-state index is 4.36. The molecule has 0 amide bonds. The Morgan fingerprint density at radius 2 is 1.00 bits per heavy atom. The number of rotatable bonds is 24. The molecule has 0 aliphatic rings. The van der Waals surface area contributed by atoms with Crippen LogP contribution in [0.5, 0.6) is 0 Å². The third-order valence-corrected chi connectivity index (χ3v) is 8.25. The van der Waals surface area contributed by atoms with Gasteiger partial charge in [0.05, 0.1) is 6.33 Å². The molecule has 0 saturated heterocycles. The minimum Gasteiger partial charge on any atom is -0.331 e. The van der Waals surface area contributed by atoms with Gasteiger partial charge < -0.3 is 4.57 Å². The zero-order chi connectivity index (χ0) is 24.0. The topological polar surface area (TPSA) is 17.8 Å². The van der Waals surface area contributed by atoms with Gasteiger partial charge in [0, 0.05) is 17.9 Å². The van der Waals surface area contributed by atoms with Crippen molar-refractivity contribution in [2.75, 3.05) is 0 Å². The van der Waals surface area contributed by atoms with Gasteiger partial charge >= 0.3 is 0 Å². The second-order valence-electron chi connectivity index (χ2n) is 11.0. The lowest BCUT2D eigenvalue weighted by Crippen LogP contribution is -2.37. The molecule has 2 atom stereocenters. The SMILES string of the molecule is CCCCCCCCCCCCCCCCCCC(CCCCC)C(C)(CC)n1ccnc1. The van der Waals surface area contributed by atoms with Gasteiger partial charge in [0.1, 0.15) is 0 Å². The van der Waals surface area contributed by atoms with Crippen LogP contribution in [0.15, 0.2) is 18.7 Å². The lowest BCUT2D eigenvalue weighted by molar-refractivity contribution is 0.153. The molecule has 0 aliphatic carbocycles. The number of unbranched alkanes of at least 4 members (excludes halogenated alkanes) is 17. The monoisotopic (exact) mass is 460 g/mol. The van der Waals surface area contributed by atoms with E-state index in [0.717, 1.165) is 5.92 Å². The molecule has 2 unspecified atom stereocenters. The summed E-state index contributed by atoms with van der Waals surface area (Å²) in [5, 5.41) is 0. The minimum absolute atomic E-state index is 0.222. The van der Waals surface area contributed by atoms with Crippen molar-refractivity contribution in [2.45, 2.75) is 174 Å². The lowest BCUT2D eigenvalue weighted by atomic mass is 9.76. The van der Waals surface area contributed by atoms with Gasteiger partial charge in [0.2, 0.25) is 0 Å². The second kappa shape index (κ2) is 20.6. The molecular formula is C31H60N2. The fourth-order valence-electron chi connectivity index (χ4n) is 5.59. The minimum atomic E-state index is 0.222. The van der Waals surface area contributed by atoms with E-state index in [2.05, 4.69) is 43.4 Å². The highest BCUT2D eigenvalue weighted by Gasteiger charge is 2.33. The van der Waals surface area contributed by atoms with Crippen LogP contribution in [0.1, 0.15) is 169 Å². The Kier molecular flexibility index (Phi) is 18.9. The summed E-state index contributed by atoms with van der Waals surface area (Å²) in [6.07, 6.45) is 37.4. The van der Waals surface area contributed by atoms with E-state index in [1.807, 2.05) is 12.5 Å². The van der Waals surface area contributed by atoms with E-state index >= 15 is 0 Å². The van der Waals surface area contributed by atoms with Crippen LogP contribution >= 0.6 is 0 Å². The summed E-state index contributed by atoms with van der Waals surface area (Å²) in [5.41, 5.74) is 0.222. The molecule has 0 saturated carbocycles. The maximum Gasteiger partial charge on any atom is 0.0951 e. The summed E-state index contributed by atoms with van der Waals surface area (Å²) in [5.74, 6) is 0.773. The Morgan fingerprint density at radius 3 is 1.39 bits per heavy atom. The van der Waals surface area contributed by atoms with E-state index in [-0.39, 0.29) is 5.54 Å². The first-order valence-corrected chi connectivity index (χ1v) is 15.2. The molecule has 2 nitrogen and oxygen atoms in total. The van der Waals surface area contributed by atoms with Crippen LogP contribution in [0.2, 0.25) is 0 Å². The fourth-order valence-corrected chi connectivity index (χ4v) is 5.59. The van der Waals surface area contributed by atoms with Crippen LogP contribution in [0.3, 0.4) is 0 Å². The Labute approximate surface area is 208 Å². The molecule has 0 radical (unpaired) electrons. The van der Waals surface area contributed by atoms with Crippen LogP contribution in [-0.4, -0.2) is 9.55 Å². The zero-order valence-electron chi connectivity index (χ0n) is 23.3. The first-order valence-electron chi connectivity index (χ1n) is 15.2. The van der Waals surface area contributed by atoms with Crippen molar-refractivity contribution in [3.63, 3.8) is 0 Å². The van der Waals surface area contributed by atoms with Crippen molar-refractivity contribution in [2.24, 2.45) is 5.92 Å². The van der Waals surface area contributed by atoms with E-state index in [1.165, 1.54) is 141 Å². The highest BCUT2D eigenvalue weighted by Crippen LogP contribution is 2.37. The van der Waals surface area contributed by atoms with E-state index in [0.29, 0.717) is 0 Å². The molecule has 1 heterocycles. The van der Waals surface area contributed by atoms with Crippen molar-refractivity contribution in [1.29, 1.82) is 0 Å². The molecule has 0 aliphatic heterocycles. The third-order valence-electron chi connectivity index (χ3n) is 8.25. The van der Waals surface area contributed by atoms with Crippen LogP contribution in [0.4, 0.5) is 0 Å². The van der Waals surface area contributed by atoms with Gasteiger partial charge in [0.15, 0.2) is 0 Å². The summed E-state index contributed by atoms with van der Waals surface area (Å²) in [6.45, 7) is 9.45. The molecule has 0 spiro atoms. The number of hydrogen-bond donors (Lipinski definition) is 0. The van der Waals surface area contributed by atoms with Crippen LogP contribution in [0.25, 0.3) is 0 Å². The Morgan fingerprint density at radius 1 is 0.606 bits per heavy atom. The molecule has 0 fully saturated rings. The lowest BCUT2D eigenvalue weighted by Gasteiger charge is -2.39. The first-order chi connectivity index (χ1) is 16.2. The molecule has 0 aromatic carbocycles. The first kappa shape index (κ1) is 30.2. The largest absolute Gasteiger partial charge is 0.331 e. The molecule has 33 heavy (non-hydrogen) atoms. The Balaban J connectivity index is 2.10. The predicted octanol–water partition coefficient (Wildman–Crippen LogP) is 10.9. The van der Waals surface area contributed by atoms with E-state index < -0.39 is 0 Å². The van der Waals surface area contributed by atoms with Crippen LogP contribution in [0, 0.1) is 5.92 Å². The van der Waals surface area contributed by atoms with Gasteiger partial charge in [0.25, 0.3) is 0 Å². The van der Waals surface area contributed by atoms with Gasteiger partial charge in [-0.2, -0.15) is 0 Å². The fraction of sp³-hybridized carbons (Fsp3) is 0.903. The molecule has 2 heteroatoms. The van der Waals surface area contributed by atoms with E-state index in [4.69, 9.17) is 0 Å². The summed E-state index contributed by atoms with van der Waals surface area (Å²) < 4.78 is 2.40. The van der Waals surface area contributed by atoms with Crippen molar-refractivity contribution >= 4 is 0 Å². The smallest absolute Gasteiger partial charge is 0.0951 e. The number of nitrogens with zero attached hydrogens (tertiary/aromatic N) is 2. The predicted molar refractivity (Wildman–Crippen MR) is 148 cm³/mol. The molecule has 1 aromatic heterocycles. The van der Waals surface area contributed by atoms with Gasteiger partial charge in [-0.25, -0.2) is 4.98 Å². The Bertz CT molecular complexity index is 509. The van der Waals surface area contributed by atoms with Crippen molar-refractivity contribution in [3.05, 3.63) is 18.7 Å². The summed E-state index contributed by atoms with van der Waals surface area (Å²) in [6, 6.07) is 0. The number of imidazole rings is 1. The molecule has 0 N–H and O–H groups in total. The van der Waals surface area contributed by atoms with Crippen molar-refractivity contribution < 1.29 is 0 Å². The summed E-state index contributed by atoms with van der Waals surface area (Å²) in [4.78, 5) is 4.36. The number of aromatic nitrogens is 2. The van der Waals surface area contributed by atoms with Gasteiger partial charge in [-0.15, -0.1) is 0 Å². The Hall–Kier alpha value is -0.790. The van der Waals surface area contributed by atoms with Crippen LogP contribution in [-0.2, 0) is 5.54 Å². The zero-order valence-corrected chi connectivity index (χ0v) is 23.3. The van der Waals surface area contributed by atoms with Gasteiger partial charge in [-0.3, -0.25) is 0 Å². The van der Waals surface area contributed by atoms with E-state index in [9.17, 15) is 0 Å². The summed E-state index contributed by atoms with van der Waals surface area (Å²) >= 11 is 0. The average molecular weight is 461 g/mol. The highest BCUT2D eigenvalue weighted by atomic mass is 15.1. The van der Waals surface area contributed by atoms with Gasteiger partial charge in [-0.1, -0.05) is 143 Å². The quantitative estimate of drug-likeness (QED) is 0.140. The summed E-state index contributed by atoms with van der Waals surface area (Å²) in [7, 11) is 0. The van der Waals surface area contributed by atoms with Crippen LogP contribution < -0.4 is 0 Å². The molecule has 0 bridgehead atoms. The maximum atomic E-state index is 4.36. The molecular weight excluding hydrogens is 400 g/mol. The third kappa shape index (κ3) is 13.6. The molecule has 194 valence electrons. The second-order valence-corrected chi connectivity index (χ2v) is 11.0. The standard InChI is InChI=1S/C31H60N2/c1-5-8-10-11-12-13-14-15-16-17-18-19-20-21-22-24-26-30(25-23-9-6-2)31(4,7-3)33-28-27-32-29-33/h27-30H,5-26H2,1-4H3.